The molecule has 0 aliphatic carbocycles. The summed E-state index contributed by atoms with van der Waals surface area (Å²) in [5.41, 5.74) is 6.88. The highest BCUT2D eigenvalue weighted by molar-refractivity contribution is 8.06. The fourth-order valence-corrected chi connectivity index (χ4v) is 3.61. The molecule has 2 heterocycles. The van der Waals surface area contributed by atoms with Crippen molar-refractivity contribution in [1.29, 1.82) is 0 Å². The van der Waals surface area contributed by atoms with Crippen LogP contribution in [0.5, 0.6) is 0 Å². The Labute approximate surface area is 197 Å². The summed E-state index contributed by atoms with van der Waals surface area (Å²) in [6.45, 7) is 14.3. The van der Waals surface area contributed by atoms with Crippen molar-refractivity contribution in [3.63, 3.8) is 0 Å². The van der Waals surface area contributed by atoms with Crippen LogP contribution in [0.15, 0.2) is 66.6 Å². The van der Waals surface area contributed by atoms with Gasteiger partial charge in [0.05, 0.1) is 30.6 Å². The number of nitrogens with zero attached hydrogens (tertiary/aromatic N) is 5. The average molecular weight is 456 g/mol. The van der Waals surface area contributed by atoms with Gasteiger partial charge in [0.2, 0.25) is 0 Å². The van der Waals surface area contributed by atoms with E-state index in [1.807, 2.05) is 31.6 Å². The minimum absolute atomic E-state index is 0.0260. The Hall–Kier alpha value is -2.61. The summed E-state index contributed by atoms with van der Waals surface area (Å²) in [7, 11) is 0. The molecular formula is C24H37N7S. The second-order valence-electron chi connectivity index (χ2n) is 7.82. The number of allylic oxidation sites excluding steroid dienone is 2. The average Bonchev–Trinajstić information content (AvgIpc) is 2.75. The minimum Gasteiger partial charge on any atom is -0.394 e. The van der Waals surface area contributed by atoms with Crippen LogP contribution in [-0.2, 0) is 0 Å². The second-order valence-corrected chi connectivity index (χ2v) is 9.07. The van der Waals surface area contributed by atoms with E-state index < -0.39 is 0 Å². The monoisotopic (exact) mass is 455 g/mol. The molecule has 32 heavy (non-hydrogen) atoms. The Kier molecular flexibility index (Phi) is 11.0. The van der Waals surface area contributed by atoms with E-state index in [1.54, 1.807) is 0 Å². The quantitative estimate of drug-likeness (QED) is 0.592. The number of thioether (sulfide) groups is 1. The Morgan fingerprint density at radius 2 is 2.25 bits per heavy atom. The summed E-state index contributed by atoms with van der Waals surface area (Å²) < 4.78 is 0. The maximum absolute atomic E-state index is 5.94. The highest BCUT2D eigenvalue weighted by Gasteiger charge is 2.19. The van der Waals surface area contributed by atoms with Crippen molar-refractivity contribution >= 4 is 35.9 Å². The third kappa shape index (κ3) is 8.49. The summed E-state index contributed by atoms with van der Waals surface area (Å²) in [4.78, 5) is 15.1. The molecule has 7 nitrogen and oxygen atoms in total. The van der Waals surface area contributed by atoms with Crippen molar-refractivity contribution in [2.45, 2.75) is 53.0 Å². The lowest BCUT2D eigenvalue weighted by atomic mass is 10.1. The molecule has 0 aromatic carbocycles. The predicted octanol–water partition coefficient (Wildman–Crippen LogP) is 4.48. The van der Waals surface area contributed by atoms with E-state index in [4.69, 9.17) is 20.8 Å². The molecule has 0 saturated carbocycles. The van der Waals surface area contributed by atoms with Crippen LogP contribution >= 0.6 is 11.8 Å². The zero-order valence-corrected chi connectivity index (χ0v) is 20.6. The molecule has 0 saturated heterocycles. The minimum atomic E-state index is 0.0260. The molecule has 3 N–H and O–H groups in total. The third-order valence-corrected chi connectivity index (χ3v) is 5.84. The lowest BCUT2D eigenvalue weighted by molar-refractivity contribution is 0.240. The third-order valence-electron chi connectivity index (χ3n) is 4.95. The second kappa shape index (κ2) is 13.7. The lowest BCUT2D eigenvalue weighted by Crippen LogP contribution is -2.40. The number of hydrogen-bond donors (Lipinski definition) is 2. The van der Waals surface area contributed by atoms with Gasteiger partial charge in [-0.2, -0.15) is 5.10 Å². The van der Waals surface area contributed by atoms with Gasteiger partial charge in [-0.1, -0.05) is 43.5 Å². The van der Waals surface area contributed by atoms with Crippen molar-refractivity contribution in [1.82, 2.24) is 10.3 Å². The zero-order chi connectivity index (χ0) is 23.3. The first-order valence-electron chi connectivity index (χ1n) is 11.3. The smallest absolute Gasteiger partial charge is 0.135 e. The maximum atomic E-state index is 5.94. The van der Waals surface area contributed by atoms with Crippen molar-refractivity contribution in [2.75, 3.05) is 19.6 Å². The predicted molar refractivity (Wildman–Crippen MR) is 141 cm³/mol. The summed E-state index contributed by atoms with van der Waals surface area (Å²) >= 11 is 1.45. The van der Waals surface area contributed by atoms with Crippen LogP contribution < -0.4 is 11.1 Å². The molecule has 0 amide bonds. The van der Waals surface area contributed by atoms with Crippen molar-refractivity contribution in [2.24, 2.45) is 31.7 Å². The Morgan fingerprint density at radius 1 is 1.44 bits per heavy atom. The highest BCUT2D eigenvalue weighted by Crippen LogP contribution is 2.20. The topological polar surface area (TPSA) is 90.7 Å². The molecule has 1 atom stereocenters. The van der Waals surface area contributed by atoms with Crippen molar-refractivity contribution < 1.29 is 0 Å². The molecule has 2 aliphatic heterocycles. The first-order valence-corrected chi connectivity index (χ1v) is 12.1. The molecule has 0 bridgehead atoms. The number of nitrogens with two attached hydrogens (primary N) is 1. The molecule has 0 radical (unpaired) electrons. The van der Waals surface area contributed by atoms with Gasteiger partial charge in [-0.3, -0.25) is 20.0 Å². The van der Waals surface area contributed by atoms with E-state index in [1.165, 1.54) is 11.8 Å². The molecule has 1 unspecified atom stereocenters. The van der Waals surface area contributed by atoms with Gasteiger partial charge in [-0.05, 0) is 40.0 Å². The largest absolute Gasteiger partial charge is 0.394 e. The van der Waals surface area contributed by atoms with Gasteiger partial charge in [0, 0.05) is 35.1 Å². The van der Waals surface area contributed by atoms with E-state index in [-0.39, 0.29) is 5.92 Å². The Bertz CT molecular complexity index is 846. The number of rotatable bonds is 7. The van der Waals surface area contributed by atoms with Crippen LogP contribution in [0.4, 0.5) is 0 Å². The lowest BCUT2D eigenvalue weighted by Gasteiger charge is -2.26. The fourth-order valence-electron chi connectivity index (χ4n) is 3.03. The molecule has 2 aliphatic rings. The summed E-state index contributed by atoms with van der Waals surface area (Å²) in [5.74, 6) is 1.63. The van der Waals surface area contributed by atoms with E-state index in [0.717, 1.165) is 53.0 Å². The van der Waals surface area contributed by atoms with Crippen LogP contribution in [0.25, 0.3) is 0 Å². The van der Waals surface area contributed by atoms with Gasteiger partial charge in [-0.25, -0.2) is 0 Å². The standard InChI is InChI=1S/C24H37N7S/c1-6-20-17-29-31(18(3)4)14-13-27-24(21-11-9-8-10-12-26-16-21)30-23(20)28-15-19(5)32-22(25)7-2/h7,9,11-12,16-18,20H,5-6,8,10,13-15,25H2,1-4H3,(H,27,28,30)/b11-9?,21-16?,22-7-,26-12?,29-17-. The van der Waals surface area contributed by atoms with Gasteiger partial charge in [-0.15, -0.1) is 0 Å². The molecule has 8 heteroatoms. The Balaban J connectivity index is 2.40. The fraction of sp³-hybridized carbons (Fsp3) is 0.500. The number of aliphatic imine (C=N–C) groups is 3. The first-order chi connectivity index (χ1) is 15.4. The molecule has 2 rings (SSSR count). The summed E-state index contributed by atoms with van der Waals surface area (Å²) in [6.07, 6.45) is 14.7. The van der Waals surface area contributed by atoms with Crippen LogP contribution in [0.3, 0.4) is 0 Å². The maximum Gasteiger partial charge on any atom is 0.135 e. The number of hydrogen-bond acceptors (Lipinski definition) is 7. The normalized spacial score (nSPS) is 22.7. The molecule has 0 aromatic heterocycles. The number of amidine groups is 2. The molecule has 0 fully saturated rings. The highest BCUT2D eigenvalue weighted by atomic mass is 32.2. The van der Waals surface area contributed by atoms with Crippen molar-refractivity contribution in [3.8, 4) is 0 Å². The van der Waals surface area contributed by atoms with Crippen LogP contribution in [0.1, 0.15) is 47.0 Å². The van der Waals surface area contributed by atoms with E-state index in [2.05, 4.69) is 54.8 Å². The van der Waals surface area contributed by atoms with Gasteiger partial charge in [0.25, 0.3) is 0 Å². The van der Waals surface area contributed by atoms with Crippen LogP contribution in [-0.4, -0.2) is 54.8 Å². The van der Waals surface area contributed by atoms with Gasteiger partial charge in [0.15, 0.2) is 0 Å². The summed E-state index contributed by atoms with van der Waals surface area (Å²) in [6, 6.07) is 0.292. The molecule has 174 valence electrons. The van der Waals surface area contributed by atoms with Crippen LogP contribution in [0, 0.1) is 5.92 Å². The van der Waals surface area contributed by atoms with E-state index >= 15 is 0 Å². The van der Waals surface area contributed by atoms with E-state index in [0.29, 0.717) is 19.1 Å². The molecular weight excluding hydrogens is 418 g/mol. The molecule has 0 aromatic rings. The van der Waals surface area contributed by atoms with E-state index in [9.17, 15) is 0 Å². The van der Waals surface area contributed by atoms with Crippen molar-refractivity contribution in [3.05, 3.63) is 46.5 Å². The number of nitrogens with one attached hydrogen (secondary N) is 1. The van der Waals surface area contributed by atoms with Gasteiger partial charge >= 0.3 is 0 Å². The summed E-state index contributed by atoms with van der Waals surface area (Å²) in [5, 5.41) is 11.1. The number of hydrazone groups is 1. The Morgan fingerprint density at radius 3 is 2.97 bits per heavy atom. The molecule has 0 spiro atoms. The van der Waals surface area contributed by atoms with Crippen LogP contribution in [0.2, 0.25) is 0 Å². The first kappa shape index (κ1) is 25.6. The SMILES string of the molecule is C=C(CN=C1NC(C2=CN=CCCC=C2)=NCCN(C(C)C)/N=C\C1CC)S/C(N)=C\C. The van der Waals surface area contributed by atoms with Gasteiger partial charge in [0.1, 0.15) is 11.7 Å². The van der Waals surface area contributed by atoms with Gasteiger partial charge < -0.3 is 11.1 Å². The zero-order valence-electron chi connectivity index (χ0n) is 19.8.